The molecule has 0 spiro atoms. The summed E-state index contributed by atoms with van der Waals surface area (Å²) in [5.41, 5.74) is 0.759. The third kappa shape index (κ3) is 8.61. The van der Waals surface area contributed by atoms with E-state index in [-0.39, 0.29) is 25.7 Å². The third-order valence-electron chi connectivity index (χ3n) is 7.97. The molecule has 4 rings (SSSR count). The van der Waals surface area contributed by atoms with Gasteiger partial charge in [0.2, 0.25) is 11.8 Å². The molecule has 0 radical (unpaired) electrons. The molecule has 2 heterocycles. The quantitative estimate of drug-likeness (QED) is 0.227. The lowest BCUT2D eigenvalue weighted by Gasteiger charge is -2.32. The molecule has 0 bridgehead atoms. The van der Waals surface area contributed by atoms with Crippen LogP contribution in [0.4, 0.5) is 4.79 Å². The molecule has 2 aliphatic heterocycles. The van der Waals surface area contributed by atoms with Gasteiger partial charge in [0.1, 0.15) is 30.9 Å². The Balaban J connectivity index is 1.50. The number of carbonyl (C=O) groups excluding carboxylic acids is 5. The number of esters is 2. The van der Waals surface area contributed by atoms with Crippen molar-refractivity contribution in [3.05, 3.63) is 71.8 Å². The summed E-state index contributed by atoms with van der Waals surface area (Å²) in [6.45, 7) is 9.18. The maximum atomic E-state index is 14.0. The molecule has 11 heteroatoms. The molecular formula is C34H43N3O8. The van der Waals surface area contributed by atoms with Crippen molar-refractivity contribution in [2.24, 2.45) is 5.92 Å². The van der Waals surface area contributed by atoms with Crippen LogP contribution in [0.2, 0.25) is 0 Å². The first kappa shape index (κ1) is 33.5. The zero-order chi connectivity index (χ0) is 32.7. The number of alkyl carbamates (subject to hydrolysis) is 1. The highest BCUT2D eigenvalue weighted by molar-refractivity contribution is 6.03. The van der Waals surface area contributed by atoms with Crippen molar-refractivity contribution >= 4 is 29.8 Å². The van der Waals surface area contributed by atoms with Gasteiger partial charge in [-0.15, -0.1) is 0 Å². The first-order chi connectivity index (χ1) is 21.4. The number of nitrogens with zero attached hydrogens (tertiary/aromatic N) is 2. The molecule has 2 aromatic carbocycles. The van der Waals surface area contributed by atoms with Crippen molar-refractivity contribution in [1.29, 1.82) is 0 Å². The second kappa shape index (κ2) is 14.6. The summed E-state index contributed by atoms with van der Waals surface area (Å²) in [7, 11) is 0. The van der Waals surface area contributed by atoms with Gasteiger partial charge in [0.25, 0.3) is 0 Å². The number of likely N-dealkylation sites (tertiary alicyclic amines) is 1. The molecule has 1 N–H and O–H groups in total. The predicted octanol–water partition coefficient (Wildman–Crippen LogP) is 3.98. The highest BCUT2D eigenvalue weighted by Crippen LogP contribution is 2.35. The highest BCUT2D eigenvalue weighted by atomic mass is 16.6. The molecule has 45 heavy (non-hydrogen) atoms. The monoisotopic (exact) mass is 621 g/mol. The molecule has 2 saturated heterocycles. The Morgan fingerprint density at radius 3 is 1.84 bits per heavy atom. The van der Waals surface area contributed by atoms with Gasteiger partial charge < -0.3 is 29.3 Å². The van der Waals surface area contributed by atoms with Crippen LogP contribution < -0.4 is 5.32 Å². The average molecular weight is 622 g/mol. The largest absolute Gasteiger partial charge is 0.459 e. The van der Waals surface area contributed by atoms with Gasteiger partial charge in [0.05, 0.1) is 0 Å². The van der Waals surface area contributed by atoms with Gasteiger partial charge >= 0.3 is 18.0 Å². The Labute approximate surface area is 264 Å². The molecule has 2 aromatic rings. The smallest absolute Gasteiger partial charge is 0.408 e. The van der Waals surface area contributed by atoms with Crippen molar-refractivity contribution in [2.45, 2.75) is 96.9 Å². The fraction of sp³-hybridized carbons (Fsp3) is 0.500. The van der Waals surface area contributed by atoms with Gasteiger partial charge in [-0.05, 0) is 50.7 Å². The van der Waals surface area contributed by atoms with Crippen LogP contribution in [0.3, 0.4) is 0 Å². The summed E-state index contributed by atoms with van der Waals surface area (Å²) < 4.78 is 16.4. The third-order valence-corrected chi connectivity index (χ3v) is 7.97. The minimum absolute atomic E-state index is 0.0229. The Bertz CT molecular complexity index is 1300. The van der Waals surface area contributed by atoms with Crippen LogP contribution in [0.15, 0.2) is 60.7 Å². The van der Waals surface area contributed by atoms with Gasteiger partial charge in [-0.3, -0.25) is 9.59 Å². The van der Waals surface area contributed by atoms with E-state index in [2.05, 4.69) is 5.32 Å². The summed E-state index contributed by atoms with van der Waals surface area (Å²) in [6, 6.07) is 14.0. The number of rotatable bonds is 11. The van der Waals surface area contributed by atoms with E-state index in [4.69, 9.17) is 14.2 Å². The van der Waals surface area contributed by atoms with E-state index >= 15 is 0 Å². The molecule has 242 valence electrons. The van der Waals surface area contributed by atoms with E-state index in [1.165, 1.54) is 4.90 Å². The highest BCUT2D eigenvalue weighted by Gasteiger charge is 2.63. The van der Waals surface area contributed by atoms with Crippen LogP contribution in [0.25, 0.3) is 0 Å². The second-order valence-electron chi connectivity index (χ2n) is 12.5. The number of carbonyl (C=O) groups is 5. The standard InChI is InChI=1S/C34H43N3O8/c1-6-22(2)26(35-33(42)45-34(3,4)5)30(39)36-19-13-18-25(36)29(38)37-27(31(40)43-20-23-14-9-7-10-15-23)28(37)32(41)44-21-24-16-11-8-12-17-24/h7-12,14-17,22,25-28H,6,13,18-21H2,1-5H3,(H,35,42)/t22-,25+,26-,27+,28+/m0/s1. The molecule has 3 amide bonds. The van der Waals surface area contributed by atoms with Crippen molar-refractivity contribution < 1.29 is 38.2 Å². The minimum atomic E-state index is -1.17. The summed E-state index contributed by atoms with van der Waals surface area (Å²) >= 11 is 0. The molecular weight excluding hydrogens is 578 g/mol. The zero-order valence-corrected chi connectivity index (χ0v) is 26.6. The summed E-state index contributed by atoms with van der Waals surface area (Å²) in [5.74, 6) is -2.66. The normalized spacial score (nSPS) is 20.5. The fourth-order valence-corrected chi connectivity index (χ4v) is 5.37. The molecule has 0 saturated carbocycles. The SMILES string of the molecule is CC[C@H](C)[C@H](NC(=O)OC(C)(C)C)C(=O)N1CCC[C@@H]1C(=O)N1[C@@H](C(=O)OCc2ccccc2)[C@@H]1C(=O)OCc1ccccc1. The van der Waals surface area contributed by atoms with Gasteiger partial charge in [0.15, 0.2) is 12.1 Å². The maximum absolute atomic E-state index is 14.0. The van der Waals surface area contributed by atoms with Crippen LogP contribution in [-0.2, 0) is 46.6 Å². The van der Waals surface area contributed by atoms with Crippen LogP contribution in [0, 0.1) is 5.92 Å². The van der Waals surface area contributed by atoms with Crippen LogP contribution in [0.5, 0.6) is 0 Å². The van der Waals surface area contributed by atoms with Gasteiger partial charge in [-0.25, -0.2) is 14.4 Å². The number of nitrogens with one attached hydrogen (secondary N) is 1. The van der Waals surface area contributed by atoms with E-state index in [1.54, 1.807) is 45.0 Å². The first-order valence-corrected chi connectivity index (χ1v) is 15.4. The molecule has 11 nitrogen and oxygen atoms in total. The first-order valence-electron chi connectivity index (χ1n) is 15.4. The summed E-state index contributed by atoms with van der Waals surface area (Å²) in [4.78, 5) is 69.5. The summed E-state index contributed by atoms with van der Waals surface area (Å²) in [5, 5.41) is 2.70. The van der Waals surface area contributed by atoms with Crippen molar-refractivity contribution in [1.82, 2.24) is 15.1 Å². The lowest BCUT2D eigenvalue weighted by molar-refractivity contribution is -0.148. The number of benzene rings is 2. The van der Waals surface area contributed by atoms with Gasteiger partial charge in [-0.1, -0.05) is 80.9 Å². The summed E-state index contributed by atoms with van der Waals surface area (Å²) in [6.07, 6.45) is 0.756. The van der Waals surface area contributed by atoms with E-state index in [9.17, 15) is 24.0 Å². The number of ether oxygens (including phenoxy) is 3. The minimum Gasteiger partial charge on any atom is -0.459 e. The molecule has 5 atom stereocenters. The molecule has 2 fully saturated rings. The van der Waals surface area contributed by atoms with E-state index in [1.807, 2.05) is 50.2 Å². The Hall–Kier alpha value is -4.41. The fourth-order valence-electron chi connectivity index (χ4n) is 5.37. The number of hydrogen-bond acceptors (Lipinski definition) is 8. The van der Waals surface area contributed by atoms with Crippen molar-refractivity contribution in [3.8, 4) is 0 Å². The molecule has 0 aliphatic carbocycles. The molecule has 0 unspecified atom stereocenters. The van der Waals surface area contributed by atoms with Crippen LogP contribution in [0.1, 0.15) is 65.0 Å². The zero-order valence-electron chi connectivity index (χ0n) is 26.6. The number of amides is 3. The molecule has 0 aromatic heterocycles. The Morgan fingerprint density at radius 1 is 0.867 bits per heavy atom. The number of hydrogen-bond donors (Lipinski definition) is 1. The second-order valence-corrected chi connectivity index (χ2v) is 12.5. The Morgan fingerprint density at radius 2 is 1.38 bits per heavy atom. The molecule has 2 aliphatic rings. The van der Waals surface area contributed by atoms with Crippen LogP contribution >= 0.6 is 0 Å². The lowest BCUT2D eigenvalue weighted by Crippen LogP contribution is -2.55. The average Bonchev–Trinajstić information content (AvgIpc) is 3.58. The van der Waals surface area contributed by atoms with E-state index in [0.29, 0.717) is 19.3 Å². The van der Waals surface area contributed by atoms with E-state index in [0.717, 1.165) is 16.0 Å². The van der Waals surface area contributed by atoms with Crippen molar-refractivity contribution in [3.63, 3.8) is 0 Å². The van der Waals surface area contributed by atoms with Gasteiger partial charge in [0, 0.05) is 6.54 Å². The van der Waals surface area contributed by atoms with Gasteiger partial charge in [-0.2, -0.15) is 0 Å². The predicted molar refractivity (Wildman–Crippen MR) is 164 cm³/mol. The van der Waals surface area contributed by atoms with Crippen molar-refractivity contribution in [2.75, 3.05) is 6.54 Å². The Kier molecular flexibility index (Phi) is 10.8. The lowest BCUT2D eigenvalue weighted by atomic mass is 9.97. The topological polar surface area (TPSA) is 131 Å². The van der Waals surface area contributed by atoms with E-state index < -0.39 is 59.6 Å². The maximum Gasteiger partial charge on any atom is 0.408 e. The van der Waals surface area contributed by atoms with Crippen LogP contribution in [-0.4, -0.2) is 76.0 Å².